The van der Waals surface area contributed by atoms with E-state index in [1.165, 1.54) is 38.5 Å². The molecule has 2 aliphatic rings. The topological polar surface area (TPSA) is 20.2 Å². The number of benzene rings is 1. The summed E-state index contributed by atoms with van der Waals surface area (Å²) in [5, 5.41) is 9.62. The van der Waals surface area contributed by atoms with Crippen LogP contribution >= 0.6 is 0 Å². The molecule has 0 atom stereocenters. The summed E-state index contributed by atoms with van der Waals surface area (Å²) in [6, 6.07) is 11.0. The van der Waals surface area contributed by atoms with Crippen LogP contribution in [0.2, 0.25) is 0 Å². The molecule has 0 bridgehead atoms. The minimum Gasteiger partial charge on any atom is -0.393 e. The second-order valence-corrected chi connectivity index (χ2v) is 6.59. The normalized spacial score (nSPS) is 36.1. The second-order valence-electron chi connectivity index (χ2n) is 6.59. The summed E-state index contributed by atoms with van der Waals surface area (Å²) in [4.78, 5) is 0. The zero-order valence-corrected chi connectivity index (χ0v) is 11.8. The summed E-state index contributed by atoms with van der Waals surface area (Å²) in [5.74, 6) is 2.64. The zero-order chi connectivity index (χ0) is 13.1. The van der Waals surface area contributed by atoms with Gasteiger partial charge in [0, 0.05) is 0 Å². The second kappa shape index (κ2) is 6.09. The minimum absolute atomic E-state index is 0.00286. The van der Waals surface area contributed by atoms with E-state index in [9.17, 15) is 5.11 Å². The van der Waals surface area contributed by atoms with Gasteiger partial charge < -0.3 is 5.11 Å². The lowest BCUT2D eigenvalue weighted by Gasteiger charge is -2.37. The van der Waals surface area contributed by atoms with E-state index in [1.807, 2.05) is 0 Å². The molecule has 0 spiro atoms. The van der Waals surface area contributed by atoms with Crippen molar-refractivity contribution >= 4 is 0 Å². The quantitative estimate of drug-likeness (QED) is 0.827. The average Bonchev–Trinajstić information content (AvgIpc) is 2.49. The first-order valence-corrected chi connectivity index (χ1v) is 8.06. The Morgan fingerprint density at radius 3 is 1.79 bits per heavy atom. The Balaban J connectivity index is 1.52. The summed E-state index contributed by atoms with van der Waals surface area (Å²) >= 11 is 0. The fourth-order valence-electron chi connectivity index (χ4n) is 4.22. The molecular formula is C18H26O. The molecule has 1 aromatic rings. The highest BCUT2D eigenvalue weighted by atomic mass is 16.3. The Labute approximate surface area is 117 Å². The number of rotatable bonds is 2. The maximum absolute atomic E-state index is 9.62. The van der Waals surface area contributed by atoms with E-state index in [2.05, 4.69) is 30.3 Å². The summed E-state index contributed by atoms with van der Waals surface area (Å²) < 4.78 is 0. The van der Waals surface area contributed by atoms with Gasteiger partial charge in [-0.3, -0.25) is 0 Å². The average molecular weight is 258 g/mol. The monoisotopic (exact) mass is 258 g/mol. The zero-order valence-electron chi connectivity index (χ0n) is 11.8. The van der Waals surface area contributed by atoms with Crippen molar-refractivity contribution < 1.29 is 5.11 Å². The molecule has 1 nitrogen and oxygen atoms in total. The Hall–Kier alpha value is -0.820. The van der Waals surface area contributed by atoms with Gasteiger partial charge in [-0.2, -0.15) is 0 Å². The van der Waals surface area contributed by atoms with Crippen molar-refractivity contribution in [3.05, 3.63) is 35.9 Å². The number of hydrogen-bond donors (Lipinski definition) is 1. The Morgan fingerprint density at radius 1 is 0.684 bits per heavy atom. The van der Waals surface area contributed by atoms with Crippen LogP contribution in [0.25, 0.3) is 0 Å². The molecule has 0 saturated heterocycles. The predicted molar refractivity (Wildman–Crippen MR) is 79.1 cm³/mol. The van der Waals surface area contributed by atoms with Crippen LogP contribution in [-0.4, -0.2) is 11.2 Å². The molecule has 0 aliphatic heterocycles. The Morgan fingerprint density at radius 2 is 1.21 bits per heavy atom. The number of aliphatic hydroxyl groups is 1. The van der Waals surface area contributed by atoms with Gasteiger partial charge in [-0.05, 0) is 74.7 Å². The third-order valence-corrected chi connectivity index (χ3v) is 5.45. The van der Waals surface area contributed by atoms with Crippen molar-refractivity contribution in [1.82, 2.24) is 0 Å². The molecule has 2 fully saturated rings. The standard InChI is InChI=1S/C18H26O/c19-18-12-10-17(11-13-18)16-8-6-15(7-9-16)14-4-2-1-3-5-14/h1-5,15-19H,6-13H2/t15-,16-,17?,18?. The Kier molecular flexibility index (Phi) is 4.22. The summed E-state index contributed by atoms with van der Waals surface area (Å²) in [7, 11) is 0. The molecule has 19 heavy (non-hydrogen) atoms. The molecule has 2 aliphatic carbocycles. The van der Waals surface area contributed by atoms with Crippen LogP contribution in [0.5, 0.6) is 0 Å². The van der Waals surface area contributed by atoms with E-state index in [-0.39, 0.29) is 6.10 Å². The SMILES string of the molecule is OC1CCC([C@H]2CC[C@H](c3ccccc3)CC2)CC1. The maximum atomic E-state index is 9.62. The van der Waals surface area contributed by atoms with Crippen LogP contribution in [0.15, 0.2) is 30.3 Å². The predicted octanol–water partition coefficient (Wildman–Crippen LogP) is 4.51. The minimum atomic E-state index is -0.00286. The summed E-state index contributed by atoms with van der Waals surface area (Å²) in [6.07, 6.45) is 10.2. The third kappa shape index (κ3) is 3.20. The molecule has 0 heterocycles. The molecule has 0 radical (unpaired) electrons. The molecule has 104 valence electrons. The van der Waals surface area contributed by atoms with Crippen LogP contribution < -0.4 is 0 Å². The number of aliphatic hydroxyl groups excluding tert-OH is 1. The molecular weight excluding hydrogens is 232 g/mol. The van der Waals surface area contributed by atoms with Crippen molar-refractivity contribution in [2.45, 2.75) is 63.4 Å². The number of hydrogen-bond acceptors (Lipinski definition) is 1. The largest absolute Gasteiger partial charge is 0.393 e. The fourth-order valence-corrected chi connectivity index (χ4v) is 4.22. The van der Waals surface area contributed by atoms with Crippen molar-refractivity contribution in [3.8, 4) is 0 Å². The molecule has 1 heteroatoms. The smallest absolute Gasteiger partial charge is 0.0540 e. The lowest BCUT2D eigenvalue weighted by molar-refractivity contribution is 0.0805. The van der Waals surface area contributed by atoms with Crippen LogP contribution in [0.4, 0.5) is 0 Å². The van der Waals surface area contributed by atoms with Gasteiger partial charge in [-0.1, -0.05) is 30.3 Å². The molecule has 0 amide bonds. The van der Waals surface area contributed by atoms with Crippen molar-refractivity contribution in [2.75, 3.05) is 0 Å². The van der Waals surface area contributed by atoms with Crippen molar-refractivity contribution in [1.29, 1.82) is 0 Å². The molecule has 1 N–H and O–H groups in total. The van der Waals surface area contributed by atoms with Crippen LogP contribution in [-0.2, 0) is 0 Å². The first-order valence-electron chi connectivity index (χ1n) is 8.06. The lowest BCUT2D eigenvalue weighted by Crippen LogP contribution is -2.26. The van der Waals surface area contributed by atoms with E-state index in [0.717, 1.165) is 30.6 Å². The first-order chi connectivity index (χ1) is 9.33. The fraction of sp³-hybridized carbons (Fsp3) is 0.667. The van der Waals surface area contributed by atoms with E-state index < -0.39 is 0 Å². The van der Waals surface area contributed by atoms with E-state index in [4.69, 9.17) is 0 Å². The van der Waals surface area contributed by atoms with Gasteiger partial charge in [-0.15, -0.1) is 0 Å². The van der Waals surface area contributed by atoms with Crippen LogP contribution in [0.3, 0.4) is 0 Å². The van der Waals surface area contributed by atoms with Gasteiger partial charge in [0.2, 0.25) is 0 Å². The molecule has 2 saturated carbocycles. The summed E-state index contributed by atoms with van der Waals surface area (Å²) in [5.41, 5.74) is 1.54. The van der Waals surface area contributed by atoms with Gasteiger partial charge in [0.05, 0.1) is 6.10 Å². The molecule has 0 aromatic heterocycles. The highest BCUT2D eigenvalue weighted by Crippen LogP contribution is 2.42. The first kappa shape index (κ1) is 13.2. The highest BCUT2D eigenvalue weighted by molar-refractivity contribution is 5.19. The van der Waals surface area contributed by atoms with Gasteiger partial charge in [0.1, 0.15) is 0 Å². The van der Waals surface area contributed by atoms with Gasteiger partial charge in [0.25, 0.3) is 0 Å². The highest BCUT2D eigenvalue weighted by Gasteiger charge is 2.30. The Bertz CT molecular complexity index is 370. The molecule has 0 unspecified atom stereocenters. The molecule has 3 rings (SSSR count). The molecule has 1 aromatic carbocycles. The van der Waals surface area contributed by atoms with Gasteiger partial charge in [-0.25, -0.2) is 0 Å². The third-order valence-electron chi connectivity index (χ3n) is 5.45. The summed E-state index contributed by atoms with van der Waals surface area (Å²) in [6.45, 7) is 0. The van der Waals surface area contributed by atoms with Crippen LogP contribution in [0.1, 0.15) is 62.8 Å². The van der Waals surface area contributed by atoms with E-state index in [0.29, 0.717) is 0 Å². The van der Waals surface area contributed by atoms with Gasteiger partial charge >= 0.3 is 0 Å². The van der Waals surface area contributed by atoms with E-state index >= 15 is 0 Å². The van der Waals surface area contributed by atoms with Crippen molar-refractivity contribution in [2.24, 2.45) is 11.8 Å². The van der Waals surface area contributed by atoms with Crippen LogP contribution in [0, 0.1) is 11.8 Å². The van der Waals surface area contributed by atoms with E-state index in [1.54, 1.807) is 5.56 Å². The lowest BCUT2D eigenvalue weighted by atomic mass is 9.69. The maximum Gasteiger partial charge on any atom is 0.0540 e. The van der Waals surface area contributed by atoms with Gasteiger partial charge in [0.15, 0.2) is 0 Å². The van der Waals surface area contributed by atoms with Crippen molar-refractivity contribution in [3.63, 3.8) is 0 Å².